The molecule has 0 unspecified atom stereocenters. The SMILES string of the molecule is COC(Cn1nnnc1SCc1ccc(O)cc1)OC. The van der Waals surface area contributed by atoms with Crippen molar-refractivity contribution in [3.63, 3.8) is 0 Å². The number of aromatic hydroxyl groups is 1. The molecule has 0 spiro atoms. The van der Waals surface area contributed by atoms with Gasteiger partial charge in [-0.2, -0.15) is 0 Å². The molecule has 1 aromatic carbocycles. The highest BCUT2D eigenvalue weighted by Crippen LogP contribution is 2.21. The van der Waals surface area contributed by atoms with E-state index in [-0.39, 0.29) is 12.0 Å². The van der Waals surface area contributed by atoms with E-state index in [1.807, 2.05) is 12.1 Å². The molecule has 0 saturated heterocycles. The maximum absolute atomic E-state index is 9.24. The van der Waals surface area contributed by atoms with E-state index < -0.39 is 0 Å². The van der Waals surface area contributed by atoms with Crippen molar-refractivity contribution < 1.29 is 14.6 Å². The van der Waals surface area contributed by atoms with Crippen LogP contribution >= 0.6 is 11.8 Å². The number of nitrogens with zero attached hydrogens (tertiary/aromatic N) is 4. The molecule has 7 nitrogen and oxygen atoms in total. The first kappa shape index (κ1) is 14.8. The van der Waals surface area contributed by atoms with Gasteiger partial charge in [0, 0.05) is 20.0 Å². The van der Waals surface area contributed by atoms with Crippen LogP contribution in [0.3, 0.4) is 0 Å². The molecule has 2 aromatic rings. The Bertz CT molecular complexity index is 528. The van der Waals surface area contributed by atoms with Gasteiger partial charge in [0.15, 0.2) is 6.29 Å². The van der Waals surface area contributed by atoms with Crippen LogP contribution in [0.2, 0.25) is 0 Å². The Morgan fingerprint density at radius 1 is 1.25 bits per heavy atom. The van der Waals surface area contributed by atoms with Crippen molar-refractivity contribution in [3.05, 3.63) is 29.8 Å². The molecule has 8 heteroatoms. The summed E-state index contributed by atoms with van der Waals surface area (Å²) >= 11 is 1.51. The lowest BCUT2D eigenvalue weighted by atomic mass is 10.2. The van der Waals surface area contributed by atoms with Crippen LogP contribution in [0.15, 0.2) is 29.4 Å². The van der Waals surface area contributed by atoms with Crippen molar-refractivity contribution in [2.24, 2.45) is 0 Å². The summed E-state index contributed by atoms with van der Waals surface area (Å²) in [4.78, 5) is 0. The second kappa shape index (κ2) is 7.22. The van der Waals surface area contributed by atoms with Gasteiger partial charge in [0.1, 0.15) is 5.75 Å². The number of ether oxygens (including phenoxy) is 2. The predicted octanol–water partition coefficient (Wildman–Crippen LogP) is 1.29. The third-order valence-corrected chi connectivity index (χ3v) is 3.68. The molecule has 0 radical (unpaired) electrons. The van der Waals surface area contributed by atoms with E-state index >= 15 is 0 Å². The minimum Gasteiger partial charge on any atom is -0.508 e. The zero-order valence-corrected chi connectivity index (χ0v) is 12.1. The van der Waals surface area contributed by atoms with Gasteiger partial charge >= 0.3 is 0 Å². The van der Waals surface area contributed by atoms with Crippen LogP contribution in [-0.4, -0.2) is 45.8 Å². The number of thioether (sulfide) groups is 1. The van der Waals surface area contributed by atoms with Crippen molar-refractivity contribution in [2.75, 3.05) is 14.2 Å². The molecule has 0 fully saturated rings. The van der Waals surface area contributed by atoms with E-state index in [0.29, 0.717) is 17.5 Å². The first-order chi connectivity index (χ1) is 9.72. The quantitative estimate of drug-likeness (QED) is 0.609. The fourth-order valence-corrected chi connectivity index (χ4v) is 2.38. The van der Waals surface area contributed by atoms with Crippen LogP contribution < -0.4 is 0 Å². The summed E-state index contributed by atoms with van der Waals surface area (Å²) in [6, 6.07) is 7.04. The third-order valence-electron chi connectivity index (χ3n) is 2.65. The normalized spacial score (nSPS) is 11.2. The largest absolute Gasteiger partial charge is 0.508 e. The minimum absolute atomic E-state index is 0.256. The van der Waals surface area contributed by atoms with Crippen LogP contribution in [0.1, 0.15) is 5.56 Å². The second-order valence-electron chi connectivity index (χ2n) is 4.00. The van der Waals surface area contributed by atoms with Gasteiger partial charge < -0.3 is 14.6 Å². The number of rotatable bonds is 7. The highest BCUT2D eigenvalue weighted by molar-refractivity contribution is 7.98. The van der Waals surface area contributed by atoms with Crippen molar-refractivity contribution in [2.45, 2.75) is 23.7 Å². The topological polar surface area (TPSA) is 82.3 Å². The van der Waals surface area contributed by atoms with E-state index in [4.69, 9.17) is 9.47 Å². The maximum atomic E-state index is 9.24. The molecule has 0 atom stereocenters. The van der Waals surface area contributed by atoms with Gasteiger partial charge in [0.05, 0.1) is 6.54 Å². The molecule has 0 bridgehead atoms. The standard InChI is InChI=1S/C12H16N4O3S/c1-18-11(19-2)7-16-12(13-14-15-16)20-8-9-3-5-10(17)6-4-9/h3-6,11,17H,7-8H2,1-2H3. The van der Waals surface area contributed by atoms with Crippen molar-refractivity contribution in [3.8, 4) is 5.75 Å². The van der Waals surface area contributed by atoms with Gasteiger partial charge in [-0.25, -0.2) is 4.68 Å². The summed E-state index contributed by atoms with van der Waals surface area (Å²) in [6.45, 7) is 0.428. The first-order valence-corrected chi connectivity index (χ1v) is 6.94. The molecule has 20 heavy (non-hydrogen) atoms. The molecular formula is C12H16N4O3S. The lowest BCUT2D eigenvalue weighted by molar-refractivity contribution is -0.113. The van der Waals surface area contributed by atoms with E-state index in [2.05, 4.69) is 15.5 Å². The molecule has 0 saturated carbocycles. The molecule has 108 valence electrons. The lowest BCUT2D eigenvalue weighted by Gasteiger charge is -2.13. The highest BCUT2D eigenvalue weighted by Gasteiger charge is 2.12. The Morgan fingerprint density at radius 3 is 2.60 bits per heavy atom. The fraction of sp³-hybridized carbons (Fsp3) is 0.417. The van der Waals surface area contributed by atoms with Gasteiger partial charge in [-0.05, 0) is 28.1 Å². The summed E-state index contributed by atoms with van der Waals surface area (Å²) in [5.41, 5.74) is 1.08. The van der Waals surface area contributed by atoms with Gasteiger partial charge in [0.25, 0.3) is 0 Å². The van der Waals surface area contributed by atoms with Gasteiger partial charge in [-0.15, -0.1) is 5.10 Å². The smallest absolute Gasteiger partial charge is 0.209 e. The van der Waals surface area contributed by atoms with Crippen LogP contribution in [-0.2, 0) is 21.8 Å². The van der Waals surface area contributed by atoms with Crippen LogP contribution in [0, 0.1) is 0 Å². The zero-order chi connectivity index (χ0) is 14.4. The minimum atomic E-state index is -0.383. The zero-order valence-electron chi connectivity index (χ0n) is 11.3. The van der Waals surface area contributed by atoms with Crippen molar-refractivity contribution in [1.82, 2.24) is 20.2 Å². The van der Waals surface area contributed by atoms with Gasteiger partial charge in [-0.1, -0.05) is 23.9 Å². The van der Waals surface area contributed by atoms with Crippen molar-refractivity contribution >= 4 is 11.8 Å². The van der Waals surface area contributed by atoms with E-state index in [9.17, 15) is 5.11 Å². The third kappa shape index (κ3) is 3.92. The number of hydrogen-bond acceptors (Lipinski definition) is 7. The molecule has 1 N–H and O–H groups in total. The average Bonchev–Trinajstić information content (AvgIpc) is 2.91. The highest BCUT2D eigenvalue weighted by atomic mass is 32.2. The number of phenols is 1. The summed E-state index contributed by atoms with van der Waals surface area (Å²) in [5, 5.41) is 21.5. The Balaban J connectivity index is 1.96. The van der Waals surface area contributed by atoms with Crippen LogP contribution in [0.5, 0.6) is 5.75 Å². The number of aromatic nitrogens is 4. The molecule has 1 aromatic heterocycles. The number of benzene rings is 1. The fourth-order valence-electron chi connectivity index (χ4n) is 1.54. The molecular weight excluding hydrogens is 280 g/mol. The maximum Gasteiger partial charge on any atom is 0.209 e. The summed E-state index contributed by atoms with van der Waals surface area (Å²) in [6.07, 6.45) is -0.383. The molecule has 1 heterocycles. The summed E-state index contributed by atoms with van der Waals surface area (Å²) in [5.74, 6) is 0.970. The van der Waals surface area contributed by atoms with E-state index in [1.54, 1.807) is 31.0 Å². The predicted molar refractivity (Wildman–Crippen MR) is 73.3 cm³/mol. The number of phenolic OH excluding ortho intramolecular Hbond substituents is 1. The lowest BCUT2D eigenvalue weighted by Crippen LogP contribution is -2.21. The Hall–Kier alpha value is -1.64. The molecule has 0 aliphatic carbocycles. The Labute approximate surface area is 120 Å². The second-order valence-corrected chi connectivity index (χ2v) is 4.94. The van der Waals surface area contributed by atoms with E-state index in [0.717, 1.165) is 5.56 Å². The van der Waals surface area contributed by atoms with Gasteiger partial charge in [0.2, 0.25) is 5.16 Å². The summed E-state index contributed by atoms with van der Waals surface area (Å²) < 4.78 is 11.9. The van der Waals surface area contributed by atoms with Gasteiger partial charge in [-0.3, -0.25) is 0 Å². The van der Waals surface area contributed by atoms with E-state index in [1.165, 1.54) is 11.8 Å². The number of hydrogen-bond donors (Lipinski definition) is 1. The molecule has 0 aliphatic heterocycles. The molecule has 0 aliphatic rings. The monoisotopic (exact) mass is 296 g/mol. The summed E-state index contributed by atoms with van der Waals surface area (Å²) in [7, 11) is 3.14. The molecule has 0 amide bonds. The average molecular weight is 296 g/mol. The number of methoxy groups -OCH3 is 2. The van der Waals surface area contributed by atoms with Crippen LogP contribution in [0.25, 0.3) is 0 Å². The van der Waals surface area contributed by atoms with Crippen LogP contribution in [0.4, 0.5) is 0 Å². The number of tetrazole rings is 1. The Morgan fingerprint density at radius 2 is 1.95 bits per heavy atom. The first-order valence-electron chi connectivity index (χ1n) is 5.95. The Kier molecular flexibility index (Phi) is 5.33. The molecule has 2 rings (SSSR count). The van der Waals surface area contributed by atoms with Crippen molar-refractivity contribution in [1.29, 1.82) is 0 Å².